The van der Waals surface area contributed by atoms with Gasteiger partial charge >= 0.3 is 0 Å². The molecule has 19 heavy (non-hydrogen) atoms. The molecule has 1 nitrogen and oxygen atoms in total. The van der Waals surface area contributed by atoms with E-state index >= 15 is 0 Å². The first-order valence-electron chi connectivity index (χ1n) is 6.40. The minimum atomic E-state index is 0.224. The Morgan fingerprint density at radius 3 is 2.32 bits per heavy atom. The van der Waals surface area contributed by atoms with Gasteiger partial charge in [-0.15, -0.1) is 0 Å². The number of ether oxygens (including phenoxy) is 1. The van der Waals surface area contributed by atoms with Crippen molar-refractivity contribution >= 4 is 47.8 Å². The van der Waals surface area contributed by atoms with Crippen molar-refractivity contribution in [1.82, 2.24) is 0 Å². The Labute approximate surface area is 141 Å². The third-order valence-electron chi connectivity index (χ3n) is 3.22. The molecule has 0 fully saturated rings. The normalized spacial score (nSPS) is 11.9. The first-order chi connectivity index (χ1) is 8.96. The molecule has 1 aromatic carbocycles. The van der Waals surface area contributed by atoms with Crippen LogP contribution in [0.5, 0.6) is 5.75 Å². The minimum absolute atomic E-state index is 0.224. The summed E-state index contributed by atoms with van der Waals surface area (Å²) in [5.74, 6) is 1.64. The zero-order chi connectivity index (χ0) is 14.5. The molecule has 0 unspecified atom stereocenters. The van der Waals surface area contributed by atoms with Crippen molar-refractivity contribution in [2.45, 2.75) is 26.7 Å². The van der Waals surface area contributed by atoms with Crippen LogP contribution >= 0.6 is 47.8 Å². The molecule has 0 bridgehead atoms. The number of hydrogen-bond donors (Lipinski definition) is 0. The van der Waals surface area contributed by atoms with Crippen molar-refractivity contribution in [3.05, 3.63) is 28.2 Å². The van der Waals surface area contributed by atoms with E-state index < -0.39 is 0 Å². The molecule has 1 aromatic rings. The second kappa shape index (κ2) is 8.04. The van der Waals surface area contributed by atoms with Gasteiger partial charge in [-0.05, 0) is 47.9 Å². The standard InChI is InChI=1S/C15H21Br3O/c1-11(2)7-15(9-16,10-17)8-12-6-13(18)4-5-14(12)19-3/h4-6,11H,7-10H2,1-3H3. The zero-order valence-electron chi connectivity index (χ0n) is 11.7. The summed E-state index contributed by atoms with van der Waals surface area (Å²) in [4.78, 5) is 0. The average molecular weight is 457 g/mol. The summed E-state index contributed by atoms with van der Waals surface area (Å²) in [6.45, 7) is 4.55. The second-order valence-electron chi connectivity index (χ2n) is 5.50. The zero-order valence-corrected chi connectivity index (χ0v) is 16.4. The van der Waals surface area contributed by atoms with Crippen LogP contribution in [0, 0.1) is 11.3 Å². The van der Waals surface area contributed by atoms with E-state index in [4.69, 9.17) is 4.74 Å². The highest BCUT2D eigenvalue weighted by Gasteiger charge is 2.30. The summed E-state index contributed by atoms with van der Waals surface area (Å²) in [6.07, 6.45) is 2.18. The average Bonchev–Trinajstić information content (AvgIpc) is 2.37. The Morgan fingerprint density at radius 2 is 1.84 bits per heavy atom. The number of hydrogen-bond acceptors (Lipinski definition) is 1. The van der Waals surface area contributed by atoms with Gasteiger partial charge in [0.25, 0.3) is 0 Å². The van der Waals surface area contributed by atoms with Crippen molar-refractivity contribution in [2.24, 2.45) is 11.3 Å². The van der Waals surface area contributed by atoms with Crippen molar-refractivity contribution < 1.29 is 4.74 Å². The van der Waals surface area contributed by atoms with Gasteiger partial charge in [0.15, 0.2) is 0 Å². The molecule has 0 aliphatic carbocycles. The highest BCUT2D eigenvalue weighted by molar-refractivity contribution is 9.10. The van der Waals surface area contributed by atoms with E-state index in [1.54, 1.807) is 7.11 Å². The Morgan fingerprint density at radius 1 is 1.21 bits per heavy atom. The van der Waals surface area contributed by atoms with Gasteiger partial charge in [-0.2, -0.15) is 0 Å². The van der Waals surface area contributed by atoms with Crippen LogP contribution in [0.1, 0.15) is 25.8 Å². The fourth-order valence-electron chi connectivity index (χ4n) is 2.47. The predicted molar refractivity (Wildman–Crippen MR) is 93.9 cm³/mol. The second-order valence-corrected chi connectivity index (χ2v) is 7.54. The molecule has 0 atom stereocenters. The number of alkyl halides is 2. The molecule has 4 heteroatoms. The summed E-state index contributed by atoms with van der Waals surface area (Å²) < 4.78 is 6.59. The van der Waals surface area contributed by atoms with Crippen LogP contribution in [0.3, 0.4) is 0 Å². The lowest BCUT2D eigenvalue weighted by Crippen LogP contribution is -2.29. The predicted octanol–water partition coefficient (Wildman–Crippen LogP) is 5.82. The summed E-state index contributed by atoms with van der Waals surface area (Å²) in [5, 5.41) is 1.97. The van der Waals surface area contributed by atoms with Gasteiger partial charge in [0.2, 0.25) is 0 Å². The van der Waals surface area contributed by atoms with Gasteiger partial charge < -0.3 is 4.74 Å². The van der Waals surface area contributed by atoms with Gasteiger partial charge in [0, 0.05) is 15.1 Å². The van der Waals surface area contributed by atoms with E-state index in [1.165, 1.54) is 12.0 Å². The topological polar surface area (TPSA) is 9.23 Å². The molecule has 0 aromatic heterocycles. The van der Waals surface area contributed by atoms with Gasteiger partial charge in [0.05, 0.1) is 7.11 Å². The summed E-state index contributed by atoms with van der Waals surface area (Å²) >= 11 is 11.0. The van der Waals surface area contributed by atoms with Crippen LogP contribution in [0.4, 0.5) is 0 Å². The number of halogens is 3. The van der Waals surface area contributed by atoms with Crippen molar-refractivity contribution in [2.75, 3.05) is 17.8 Å². The number of rotatable bonds is 7. The summed E-state index contributed by atoms with van der Waals surface area (Å²) in [7, 11) is 1.74. The van der Waals surface area contributed by atoms with Gasteiger partial charge in [-0.25, -0.2) is 0 Å². The molecule has 108 valence electrons. The molecule has 0 saturated heterocycles. The quantitative estimate of drug-likeness (QED) is 0.469. The van der Waals surface area contributed by atoms with Crippen molar-refractivity contribution in [3.63, 3.8) is 0 Å². The smallest absolute Gasteiger partial charge is 0.122 e. The SMILES string of the molecule is COc1ccc(Br)cc1CC(CBr)(CBr)CC(C)C. The van der Waals surface area contributed by atoms with Gasteiger partial charge in [-0.3, -0.25) is 0 Å². The molecular weight excluding hydrogens is 436 g/mol. The van der Waals surface area contributed by atoms with E-state index in [0.717, 1.165) is 27.3 Å². The molecular formula is C15H21Br3O. The van der Waals surface area contributed by atoms with Crippen molar-refractivity contribution in [3.8, 4) is 5.75 Å². The summed E-state index contributed by atoms with van der Waals surface area (Å²) in [5.41, 5.74) is 1.49. The first-order valence-corrected chi connectivity index (χ1v) is 9.44. The van der Waals surface area contributed by atoms with Crippen LogP contribution < -0.4 is 4.74 Å². The van der Waals surface area contributed by atoms with E-state index in [2.05, 4.69) is 67.7 Å². The van der Waals surface area contributed by atoms with Crippen LogP contribution in [0.2, 0.25) is 0 Å². The van der Waals surface area contributed by atoms with Crippen LogP contribution in [0.25, 0.3) is 0 Å². The van der Waals surface area contributed by atoms with Crippen LogP contribution in [-0.2, 0) is 6.42 Å². The third kappa shape index (κ3) is 5.05. The molecule has 0 heterocycles. The fraction of sp³-hybridized carbons (Fsp3) is 0.600. The van der Waals surface area contributed by atoms with E-state index in [0.29, 0.717) is 5.92 Å². The van der Waals surface area contributed by atoms with Crippen molar-refractivity contribution in [1.29, 1.82) is 0 Å². The molecule has 0 spiro atoms. The maximum absolute atomic E-state index is 5.49. The third-order valence-corrected chi connectivity index (χ3v) is 6.09. The monoisotopic (exact) mass is 454 g/mol. The Hall–Kier alpha value is 0.460. The lowest BCUT2D eigenvalue weighted by Gasteiger charge is -2.32. The minimum Gasteiger partial charge on any atom is -0.496 e. The molecule has 1 rings (SSSR count). The van der Waals surface area contributed by atoms with E-state index in [-0.39, 0.29) is 5.41 Å². The Kier molecular flexibility index (Phi) is 7.41. The highest BCUT2D eigenvalue weighted by atomic mass is 79.9. The molecule has 0 aliphatic rings. The number of methoxy groups -OCH3 is 1. The highest BCUT2D eigenvalue weighted by Crippen LogP contribution is 2.38. The summed E-state index contributed by atoms with van der Waals surface area (Å²) in [6, 6.07) is 6.22. The van der Waals surface area contributed by atoms with Crippen LogP contribution in [-0.4, -0.2) is 17.8 Å². The van der Waals surface area contributed by atoms with Gasteiger partial charge in [-0.1, -0.05) is 61.6 Å². The largest absolute Gasteiger partial charge is 0.496 e. The van der Waals surface area contributed by atoms with E-state index in [1.807, 2.05) is 12.1 Å². The Balaban J connectivity index is 3.05. The molecule has 0 radical (unpaired) electrons. The molecule has 0 N–H and O–H groups in total. The maximum atomic E-state index is 5.49. The molecule has 0 aliphatic heterocycles. The maximum Gasteiger partial charge on any atom is 0.122 e. The molecule has 0 amide bonds. The number of benzene rings is 1. The van der Waals surface area contributed by atoms with Crippen LogP contribution in [0.15, 0.2) is 22.7 Å². The fourth-order valence-corrected chi connectivity index (χ4v) is 4.66. The van der Waals surface area contributed by atoms with E-state index in [9.17, 15) is 0 Å². The lowest BCUT2D eigenvalue weighted by atomic mass is 9.78. The molecule has 0 saturated carbocycles. The Bertz CT molecular complexity index is 400. The lowest BCUT2D eigenvalue weighted by molar-refractivity contribution is 0.299. The van der Waals surface area contributed by atoms with Gasteiger partial charge in [0.1, 0.15) is 5.75 Å². The first kappa shape index (κ1) is 17.5.